The zero-order valence-corrected chi connectivity index (χ0v) is 16.5. The van der Waals surface area contributed by atoms with E-state index in [1.54, 1.807) is 30.6 Å². The third kappa shape index (κ3) is 7.51. The van der Waals surface area contributed by atoms with Crippen LogP contribution in [0.5, 0.6) is 0 Å². The number of allylic oxidation sites excluding steroid dienone is 9. The Balaban J connectivity index is 2.12. The number of rotatable bonds is 2. The Morgan fingerprint density at radius 2 is 1.64 bits per heavy atom. The van der Waals surface area contributed by atoms with Gasteiger partial charge in [0.25, 0.3) is 0 Å². The van der Waals surface area contributed by atoms with Crippen LogP contribution in [0.25, 0.3) is 0 Å². The molecule has 0 radical (unpaired) electrons. The van der Waals surface area contributed by atoms with Crippen molar-refractivity contribution in [1.29, 1.82) is 0 Å². The van der Waals surface area contributed by atoms with Crippen molar-refractivity contribution >= 4 is 29.6 Å². The van der Waals surface area contributed by atoms with Crippen LogP contribution in [0.2, 0.25) is 5.02 Å². The summed E-state index contributed by atoms with van der Waals surface area (Å²) in [5.74, 6) is 0.161. The largest absolute Gasteiger partial charge is 0.418 e. The number of halogens is 1. The predicted octanol–water partition coefficient (Wildman–Crippen LogP) is 5.72. The number of aliphatic imine (C=N–C) groups is 1. The highest BCUT2D eigenvalue weighted by molar-refractivity contribution is 6.33. The van der Waals surface area contributed by atoms with Crippen LogP contribution >= 0.6 is 11.6 Å². The number of anilines is 1. The van der Waals surface area contributed by atoms with Gasteiger partial charge in [0.05, 0.1) is 16.9 Å². The molecule has 1 aromatic carbocycles. The van der Waals surface area contributed by atoms with Crippen LogP contribution in [0.3, 0.4) is 0 Å². The molecule has 1 aliphatic rings. The summed E-state index contributed by atoms with van der Waals surface area (Å²) in [5, 5.41) is 6.00. The molecule has 6 heteroatoms. The van der Waals surface area contributed by atoms with Crippen molar-refractivity contribution in [3.05, 3.63) is 101 Å². The average Bonchev–Trinajstić information content (AvgIpc) is 2.65. The Morgan fingerprint density at radius 3 is 2.32 bits per heavy atom. The number of nitrogens with one attached hydrogen (secondary N) is 2. The highest BCUT2D eigenvalue weighted by Gasteiger charge is 2.12. The number of nitrogens with zero attached hydrogens (tertiary/aromatic N) is 1. The Bertz CT molecular complexity index is 883. The van der Waals surface area contributed by atoms with E-state index >= 15 is 0 Å². The molecule has 1 aromatic rings. The molecule has 0 aliphatic carbocycles. The van der Waals surface area contributed by atoms with Crippen molar-refractivity contribution in [2.45, 2.75) is 13.8 Å². The number of hydrogen-bond acceptors (Lipinski definition) is 4. The molecule has 1 heterocycles. The molecule has 0 saturated carbocycles. The van der Waals surface area contributed by atoms with Crippen molar-refractivity contribution in [3.8, 4) is 0 Å². The maximum absolute atomic E-state index is 12.3. The first-order valence-corrected chi connectivity index (χ1v) is 9.01. The Kier molecular flexibility index (Phi) is 8.56. The number of carbonyl (C=O) groups excluding carboxylic acids is 1. The second kappa shape index (κ2) is 11.4. The third-order valence-electron chi connectivity index (χ3n) is 3.44. The van der Waals surface area contributed by atoms with Crippen LogP contribution in [0, 0.1) is 13.8 Å². The molecular formula is C22H22ClN3O2. The van der Waals surface area contributed by atoms with Gasteiger partial charge in [-0.15, -0.1) is 0 Å². The van der Waals surface area contributed by atoms with Crippen LogP contribution < -0.4 is 10.6 Å². The fourth-order valence-corrected chi connectivity index (χ4v) is 2.61. The second-order valence-electron chi connectivity index (χ2n) is 5.79. The second-order valence-corrected chi connectivity index (χ2v) is 6.19. The lowest BCUT2D eigenvalue weighted by atomic mass is 10.1. The number of amides is 1. The lowest BCUT2D eigenvalue weighted by Crippen LogP contribution is -2.19. The van der Waals surface area contributed by atoms with E-state index in [1.807, 2.05) is 62.4 Å². The minimum absolute atomic E-state index is 0.161. The number of hydrogen-bond donors (Lipinski definition) is 2. The fourth-order valence-electron chi connectivity index (χ4n) is 2.24. The fraction of sp³-hybridized carbons (Fsp3) is 0.0909. The highest BCUT2D eigenvalue weighted by Crippen LogP contribution is 2.27. The van der Waals surface area contributed by atoms with Crippen LogP contribution in [-0.4, -0.2) is 12.3 Å². The maximum Gasteiger partial charge on any atom is 0.418 e. The van der Waals surface area contributed by atoms with Gasteiger partial charge in [-0.3, -0.25) is 10.3 Å². The summed E-state index contributed by atoms with van der Waals surface area (Å²) in [7, 11) is 0. The van der Waals surface area contributed by atoms with Gasteiger partial charge in [0.15, 0.2) is 0 Å². The number of benzene rings is 1. The van der Waals surface area contributed by atoms with Gasteiger partial charge in [0.1, 0.15) is 0 Å². The zero-order chi connectivity index (χ0) is 20.2. The highest BCUT2D eigenvalue weighted by atomic mass is 35.5. The molecule has 0 bridgehead atoms. The van der Waals surface area contributed by atoms with Gasteiger partial charge in [0.2, 0.25) is 5.88 Å². The summed E-state index contributed by atoms with van der Waals surface area (Å²) in [6, 6.07) is 3.71. The van der Waals surface area contributed by atoms with Crippen molar-refractivity contribution in [2.24, 2.45) is 4.99 Å². The summed E-state index contributed by atoms with van der Waals surface area (Å²) in [5.41, 5.74) is 2.37. The van der Waals surface area contributed by atoms with Gasteiger partial charge in [-0.1, -0.05) is 60.2 Å². The smallest absolute Gasteiger partial charge is 0.391 e. The molecule has 0 aromatic heterocycles. The van der Waals surface area contributed by atoms with Crippen molar-refractivity contribution in [3.63, 3.8) is 0 Å². The molecule has 1 aliphatic heterocycles. The molecule has 0 fully saturated rings. The average molecular weight is 396 g/mol. The molecule has 1 amide bonds. The Hall–Kier alpha value is -3.31. The van der Waals surface area contributed by atoms with Crippen molar-refractivity contribution in [1.82, 2.24) is 5.32 Å². The lowest BCUT2D eigenvalue weighted by Gasteiger charge is -2.12. The lowest BCUT2D eigenvalue weighted by molar-refractivity contribution is 0.186. The first-order chi connectivity index (χ1) is 13.6. The summed E-state index contributed by atoms with van der Waals surface area (Å²) < 4.78 is 5.32. The van der Waals surface area contributed by atoms with Crippen LogP contribution in [0.15, 0.2) is 90.1 Å². The summed E-state index contributed by atoms with van der Waals surface area (Å²) >= 11 is 6.22. The van der Waals surface area contributed by atoms with Crippen LogP contribution in [-0.2, 0) is 4.74 Å². The molecule has 0 unspecified atom stereocenters. The molecule has 0 atom stereocenters. The molecule has 2 rings (SSSR count). The maximum atomic E-state index is 12.3. The standard InChI is InChI=1S/C22H22ClN3O2/c1-17-14-18(2)21(19(23)15-17)26-22(27)28-20-16-24-12-10-8-6-4-3-5-7-9-11-13-25-20/h3-16,25H,1-2H3,(H,26,27). The topological polar surface area (TPSA) is 62.7 Å². The van der Waals surface area contributed by atoms with Gasteiger partial charge < -0.3 is 10.1 Å². The summed E-state index contributed by atoms with van der Waals surface area (Å²) in [4.78, 5) is 16.4. The van der Waals surface area contributed by atoms with E-state index in [-0.39, 0.29) is 5.88 Å². The minimum Gasteiger partial charge on any atom is -0.391 e. The van der Waals surface area contributed by atoms with Crippen LogP contribution in [0.1, 0.15) is 11.1 Å². The van der Waals surface area contributed by atoms with E-state index in [9.17, 15) is 4.79 Å². The Labute approximate surface area is 170 Å². The SMILES string of the molecule is Cc1cc(C)c(NC(=O)OC2=CN=CC=CC=CC=CC=CC=CN2)c(Cl)c1. The molecule has 0 spiro atoms. The van der Waals surface area contributed by atoms with E-state index in [2.05, 4.69) is 15.6 Å². The van der Waals surface area contributed by atoms with E-state index < -0.39 is 6.09 Å². The quantitative estimate of drug-likeness (QED) is 0.673. The summed E-state index contributed by atoms with van der Waals surface area (Å²) in [6.07, 6.45) is 20.6. The third-order valence-corrected chi connectivity index (χ3v) is 3.73. The summed E-state index contributed by atoms with van der Waals surface area (Å²) in [6.45, 7) is 3.80. The monoisotopic (exact) mass is 395 g/mol. The van der Waals surface area contributed by atoms with Crippen molar-refractivity contribution < 1.29 is 9.53 Å². The first kappa shape index (κ1) is 21.0. The first-order valence-electron chi connectivity index (χ1n) is 8.63. The normalized spacial score (nSPS) is 14.0. The van der Waals surface area contributed by atoms with E-state index in [4.69, 9.17) is 16.3 Å². The molecule has 144 valence electrons. The van der Waals surface area contributed by atoms with Gasteiger partial charge in [-0.25, -0.2) is 4.79 Å². The van der Waals surface area contributed by atoms with Crippen molar-refractivity contribution in [2.75, 3.05) is 5.32 Å². The number of ether oxygens (including phenoxy) is 1. The minimum atomic E-state index is -0.675. The Morgan fingerprint density at radius 1 is 1.00 bits per heavy atom. The van der Waals surface area contributed by atoms with E-state index in [1.165, 1.54) is 6.20 Å². The molecule has 5 nitrogen and oxygen atoms in total. The predicted molar refractivity (Wildman–Crippen MR) is 116 cm³/mol. The molecule has 28 heavy (non-hydrogen) atoms. The molecular weight excluding hydrogens is 374 g/mol. The van der Waals surface area contributed by atoms with E-state index in [0.29, 0.717) is 10.7 Å². The zero-order valence-electron chi connectivity index (χ0n) is 15.7. The van der Waals surface area contributed by atoms with Gasteiger partial charge in [-0.2, -0.15) is 0 Å². The molecule has 0 saturated heterocycles. The van der Waals surface area contributed by atoms with Gasteiger partial charge in [0, 0.05) is 12.4 Å². The van der Waals surface area contributed by atoms with Gasteiger partial charge >= 0.3 is 6.09 Å². The number of aryl methyl sites for hydroxylation is 2. The van der Waals surface area contributed by atoms with E-state index in [0.717, 1.165) is 11.1 Å². The molecule has 2 N–H and O–H groups in total. The number of carbonyl (C=O) groups is 1. The van der Waals surface area contributed by atoms with Crippen LogP contribution in [0.4, 0.5) is 10.5 Å². The van der Waals surface area contributed by atoms with Gasteiger partial charge in [-0.05, 0) is 43.2 Å².